The highest BCUT2D eigenvalue weighted by molar-refractivity contribution is 5.83. The van der Waals surface area contributed by atoms with Crippen molar-refractivity contribution < 1.29 is 38.0 Å². The summed E-state index contributed by atoms with van der Waals surface area (Å²) in [6.45, 7) is 1.21. The fourth-order valence-corrected chi connectivity index (χ4v) is 6.39. The number of nitrogens with zero attached hydrogens (tertiary/aromatic N) is 2. The van der Waals surface area contributed by atoms with Gasteiger partial charge in [0.2, 0.25) is 0 Å². The fourth-order valence-electron chi connectivity index (χ4n) is 6.39. The van der Waals surface area contributed by atoms with Gasteiger partial charge in [-0.05, 0) is 36.0 Å². The summed E-state index contributed by atoms with van der Waals surface area (Å²) in [6, 6.07) is 18.7. The van der Waals surface area contributed by atoms with E-state index in [4.69, 9.17) is 28.7 Å². The number of hydrogen-bond donors (Lipinski definition) is 1. The van der Waals surface area contributed by atoms with E-state index in [1.807, 2.05) is 59.2 Å². The van der Waals surface area contributed by atoms with Crippen molar-refractivity contribution in [3.8, 4) is 28.3 Å². The minimum atomic E-state index is -0.679. The Morgan fingerprint density at radius 3 is 2.43 bits per heavy atom. The lowest BCUT2D eigenvalue weighted by atomic mass is 10.00. The number of aromatic nitrogens is 2. The number of carbonyl (C=O) groups excluding carboxylic acids is 1. The monoisotopic (exact) mass is 602 g/mol. The van der Waals surface area contributed by atoms with Crippen LogP contribution < -0.4 is 4.74 Å². The van der Waals surface area contributed by atoms with Crippen molar-refractivity contribution in [3.05, 3.63) is 72.0 Å². The van der Waals surface area contributed by atoms with Gasteiger partial charge < -0.3 is 28.8 Å². The molecule has 3 aliphatic rings. The van der Waals surface area contributed by atoms with Gasteiger partial charge in [-0.25, -0.2) is 9.37 Å². The second-order valence-corrected chi connectivity index (χ2v) is 11.6. The van der Waals surface area contributed by atoms with Crippen LogP contribution in [0.25, 0.3) is 33.4 Å². The smallest absolute Gasteiger partial charge is 0.198 e. The zero-order chi connectivity index (χ0) is 30.2. The highest BCUT2D eigenvalue weighted by atomic mass is 19.1. The van der Waals surface area contributed by atoms with Gasteiger partial charge in [0.1, 0.15) is 36.8 Å². The Morgan fingerprint density at radius 1 is 0.977 bits per heavy atom. The second kappa shape index (κ2) is 12.4. The number of methoxy groups -OCH3 is 1. The quantitative estimate of drug-likeness (QED) is 0.290. The van der Waals surface area contributed by atoms with Gasteiger partial charge in [0.05, 0.1) is 24.2 Å². The zero-order valence-electron chi connectivity index (χ0n) is 24.5. The van der Waals surface area contributed by atoms with Crippen LogP contribution in [-0.4, -0.2) is 78.4 Å². The van der Waals surface area contributed by atoms with Crippen molar-refractivity contribution in [3.63, 3.8) is 0 Å². The average molecular weight is 603 g/mol. The van der Waals surface area contributed by atoms with E-state index < -0.39 is 24.1 Å². The van der Waals surface area contributed by atoms with Crippen molar-refractivity contribution in [2.45, 2.75) is 56.3 Å². The number of benzene rings is 2. The standard InChI is InChI=1S/C34H35FN2O7/c1-40-17-24(38)14-20-5-7-21(8-6-20)22-9-11-23(12-10-22)32-25(35)15-27-26(36-32)16-31(37(27)30-4-2-3-13-41-30)44-29-19-43-33-28(39)18-42-34(29)33/h5-12,15-16,28-30,33-34,39H,2-4,13-14,17-19H2,1H3/t28-,29-,30?,33-,34-/m1/s1. The number of ketones is 1. The van der Waals surface area contributed by atoms with Crippen molar-refractivity contribution in [2.75, 3.05) is 33.5 Å². The highest BCUT2D eigenvalue weighted by Gasteiger charge is 2.48. The molecule has 3 aliphatic heterocycles. The third-order valence-corrected chi connectivity index (χ3v) is 8.59. The zero-order valence-corrected chi connectivity index (χ0v) is 24.5. The number of halogens is 1. The van der Waals surface area contributed by atoms with Crippen LogP contribution in [0.4, 0.5) is 4.39 Å². The summed E-state index contributed by atoms with van der Waals surface area (Å²) in [6.07, 6.45) is 0.872. The molecule has 5 atom stereocenters. The van der Waals surface area contributed by atoms with Crippen molar-refractivity contribution in [1.29, 1.82) is 0 Å². The summed E-state index contributed by atoms with van der Waals surface area (Å²) < 4.78 is 46.6. The van der Waals surface area contributed by atoms with E-state index in [0.717, 1.165) is 36.0 Å². The van der Waals surface area contributed by atoms with Crippen LogP contribution in [0, 0.1) is 5.82 Å². The third-order valence-electron chi connectivity index (χ3n) is 8.59. The Bertz CT molecular complexity index is 1630. The molecule has 2 aromatic heterocycles. The molecule has 7 rings (SSSR count). The minimum Gasteiger partial charge on any atom is -0.470 e. The summed E-state index contributed by atoms with van der Waals surface area (Å²) in [5.41, 5.74) is 4.97. The van der Waals surface area contributed by atoms with Gasteiger partial charge in [0.25, 0.3) is 0 Å². The van der Waals surface area contributed by atoms with E-state index in [2.05, 4.69) is 0 Å². The van der Waals surface area contributed by atoms with Crippen molar-refractivity contribution >= 4 is 16.8 Å². The molecule has 4 aromatic rings. The molecule has 10 heteroatoms. The molecule has 0 amide bonds. The molecule has 1 N–H and O–H groups in total. The number of carbonyl (C=O) groups is 1. The SMILES string of the molecule is COCC(=O)Cc1ccc(-c2ccc(-c3nc4cc(O[C@@H]5CO[C@H]6[C@@H]5OC[C@H]6O)n(C5CCCCO5)c4cc3F)cc2)cc1. The molecule has 2 aromatic carbocycles. The molecule has 3 saturated heterocycles. The second-order valence-electron chi connectivity index (χ2n) is 11.6. The van der Waals surface area contributed by atoms with E-state index in [1.54, 1.807) is 0 Å². The first-order chi connectivity index (χ1) is 21.5. The molecule has 0 bridgehead atoms. The molecule has 230 valence electrons. The molecule has 0 aliphatic carbocycles. The predicted octanol–water partition coefficient (Wildman–Crippen LogP) is 4.87. The number of fused-ring (bicyclic) bond motifs is 2. The normalized spacial score (nSPS) is 24.9. The first-order valence-corrected chi connectivity index (χ1v) is 15.1. The molecule has 0 spiro atoms. The maximum absolute atomic E-state index is 15.8. The topological polar surface area (TPSA) is 101 Å². The molecule has 44 heavy (non-hydrogen) atoms. The van der Waals surface area contributed by atoms with Gasteiger partial charge in [0.15, 0.2) is 23.6 Å². The lowest BCUT2D eigenvalue weighted by molar-refractivity contribution is -0.121. The Morgan fingerprint density at radius 2 is 1.70 bits per heavy atom. The summed E-state index contributed by atoms with van der Waals surface area (Å²) in [5, 5.41) is 10.2. The number of hydrogen-bond acceptors (Lipinski definition) is 8. The molecular formula is C34H35FN2O7. The van der Waals surface area contributed by atoms with Gasteiger partial charge in [-0.2, -0.15) is 0 Å². The molecule has 1 unspecified atom stereocenters. The van der Waals surface area contributed by atoms with Crippen LogP contribution in [0.15, 0.2) is 60.7 Å². The van der Waals surface area contributed by atoms with E-state index in [1.165, 1.54) is 13.2 Å². The van der Waals surface area contributed by atoms with Crippen LogP contribution in [0.2, 0.25) is 0 Å². The van der Waals surface area contributed by atoms with Gasteiger partial charge in [-0.1, -0.05) is 48.5 Å². The van der Waals surface area contributed by atoms with E-state index in [0.29, 0.717) is 35.5 Å². The predicted molar refractivity (Wildman–Crippen MR) is 160 cm³/mol. The van der Waals surface area contributed by atoms with E-state index >= 15 is 4.39 Å². The van der Waals surface area contributed by atoms with Gasteiger partial charge >= 0.3 is 0 Å². The number of aliphatic hydroxyl groups excluding tert-OH is 1. The number of Topliss-reactive ketones (excluding diaryl/α,β-unsaturated/α-hetero) is 1. The molecule has 0 radical (unpaired) electrons. The largest absolute Gasteiger partial charge is 0.470 e. The lowest BCUT2D eigenvalue weighted by Crippen LogP contribution is -2.35. The van der Waals surface area contributed by atoms with Gasteiger partial charge in [0, 0.05) is 37.8 Å². The third kappa shape index (κ3) is 5.64. The Hall–Kier alpha value is -3.67. The molecule has 0 saturated carbocycles. The molecular weight excluding hydrogens is 567 g/mol. The summed E-state index contributed by atoms with van der Waals surface area (Å²) in [7, 11) is 1.51. The Kier molecular flexibility index (Phi) is 8.17. The Balaban J connectivity index is 1.16. The van der Waals surface area contributed by atoms with Crippen LogP contribution in [0.3, 0.4) is 0 Å². The summed E-state index contributed by atoms with van der Waals surface area (Å²) in [5.74, 6) is 0.0988. The summed E-state index contributed by atoms with van der Waals surface area (Å²) in [4.78, 5) is 16.6. The van der Waals surface area contributed by atoms with Crippen LogP contribution in [0.5, 0.6) is 5.88 Å². The Labute approximate surface area is 254 Å². The molecule has 9 nitrogen and oxygen atoms in total. The number of pyridine rings is 1. The summed E-state index contributed by atoms with van der Waals surface area (Å²) >= 11 is 0. The van der Waals surface area contributed by atoms with Crippen LogP contribution in [0.1, 0.15) is 31.1 Å². The van der Waals surface area contributed by atoms with Gasteiger partial charge in [-0.15, -0.1) is 0 Å². The number of aliphatic hydroxyl groups is 1. The van der Waals surface area contributed by atoms with E-state index in [-0.39, 0.29) is 43.6 Å². The number of ether oxygens (including phenoxy) is 5. The first kappa shape index (κ1) is 29.1. The fraction of sp³-hybridized carbons (Fsp3) is 0.412. The molecule has 3 fully saturated rings. The average Bonchev–Trinajstić information content (AvgIpc) is 3.72. The van der Waals surface area contributed by atoms with Crippen LogP contribution in [-0.2, 0) is 30.2 Å². The lowest BCUT2D eigenvalue weighted by Gasteiger charge is -2.27. The van der Waals surface area contributed by atoms with Crippen molar-refractivity contribution in [1.82, 2.24) is 9.55 Å². The van der Waals surface area contributed by atoms with E-state index in [9.17, 15) is 9.90 Å². The minimum absolute atomic E-state index is 0.0280. The maximum atomic E-state index is 15.8. The molecule has 5 heterocycles. The highest BCUT2D eigenvalue weighted by Crippen LogP contribution is 2.38. The number of rotatable bonds is 9. The first-order valence-electron chi connectivity index (χ1n) is 15.1. The van der Waals surface area contributed by atoms with Gasteiger partial charge in [-0.3, -0.25) is 9.36 Å². The van der Waals surface area contributed by atoms with Crippen LogP contribution >= 0.6 is 0 Å². The maximum Gasteiger partial charge on any atom is 0.198 e. The van der Waals surface area contributed by atoms with Crippen molar-refractivity contribution in [2.24, 2.45) is 0 Å².